The van der Waals surface area contributed by atoms with Crippen molar-refractivity contribution in [2.24, 2.45) is 5.92 Å². The van der Waals surface area contributed by atoms with Gasteiger partial charge in [-0.3, -0.25) is 19.0 Å². The van der Waals surface area contributed by atoms with Crippen molar-refractivity contribution >= 4 is 40.3 Å². The third-order valence-electron chi connectivity index (χ3n) is 5.44. The molecular weight excluding hydrogens is 439 g/mol. The first-order valence-electron chi connectivity index (χ1n) is 9.87. The van der Waals surface area contributed by atoms with Crippen molar-refractivity contribution in [2.75, 3.05) is 6.54 Å². The molecule has 1 heterocycles. The maximum Gasteiger partial charge on any atom is 0.308 e. The van der Waals surface area contributed by atoms with Crippen LogP contribution in [0.25, 0.3) is 10.9 Å². The summed E-state index contributed by atoms with van der Waals surface area (Å²) in [4.78, 5) is 37.0. The molecule has 168 valence electrons. The number of hydrogen-bond acceptors (Lipinski definition) is 4. The molecule has 2 atom stereocenters. The lowest BCUT2D eigenvalue weighted by molar-refractivity contribution is -0.141. The number of carboxylic acid groups (broad SMARTS) is 1. The van der Waals surface area contributed by atoms with Crippen molar-refractivity contribution in [3.8, 4) is 5.75 Å². The van der Waals surface area contributed by atoms with Gasteiger partial charge in [0, 0.05) is 23.2 Å². The fourth-order valence-corrected chi connectivity index (χ4v) is 3.74. The van der Waals surface area contributed by atoms with E-state index in [1.54, 1.807) is 19.9 Å². The van der Waals surface area contributed by atoms with E-state index in [0.29, 0.717) is 22.2 Å². The van der Waals surface area contributed by atoms with Gasteiger partial charge < -0.3 is 15.5 Å². The zero-order valence-electron chi connectivity index (χ0n) is 17.6. The molecule has 0 spiro atoms. The number of amides is 1. The molecule has 9 heteroatoms. The molecule has 3 N–H and O–H groups in total. The van der Waals surface area contributed by atoms with Gasteiger partial charge in [0.25, 0.3) is 5.91 Å². The number of fused-ring (bicyclic) bond motifs is 1. The molecule has 2 aromatic carbocycles. The Hall–Kier alpha value is -3.39. The maximum atomic E-state index is 13.9. The van der Waals surface area contributed by atoms with Gasteiger partial charge in [-0.2, -0.15) is 0 Å². The van der Waals surface area contributed by atoms with Crippen molar-refractivity contribution < 1.29 is 29.0 Å². The van der Waals surface area contributed by atoms with Gasteiger partial charge in [-0.05, 0) is 55.8 Å². The molecule has 7 nitrogen and oxygen atoms in total. The second-order valence-corrected chi connectivity index (χ2v) is 8.08. The van der Waals surface area contributed by atoms with E-state index in [1.165, 1.54) is 35.8 Å². The van der Waals surface area contributed by atoms with Crippen LogP contribution in [0.15, 0.2) is 36.4 Å². The highest BCUT2D eigenvalue weighted by atomic mass is 35.5. The second kappa shape index (κ2) is 9.00. The zero-order valence-corrected chi connectivity index (χ0v) is 18.4. The molecule has 1 unspecified atom stereocenters. The molecule has 0 aliphatic rings. The van der Waals surface area contributed by atoms with Crippen LogP contribution in [0.1, 0.15) is 41.4 Å². The van der Waals surface area contributed by atoms with E-state index < -0.39 is 35.4 Å². The number of aromatic nitrogens is 1. The van der Waals surface area contributed by atoms with Gasteiger partial charge in [0.2, 0.25) is 5.91 Å². The molecular formula is C23H22ClFN2O5. The van der Waals surface area contributed by atoms with Crippen molar-refractivity contribution in [2.45, 2.75) is 26.7 Å². The number of halogens is 2. The molecule has 0 radical (unpaired) electrons. The van der Waals surface area contributed by atoms with Gasteiger partial charge in [-0.15, -0.1) is 0 Å². The number of carbonyl (C=O) groups is 3. The summed E-state index contributed by atoms with van der Waals surface area (Å²) in [6, 6.07) is 8.15. The molecule has 1 aromatic heterocycles. The van der Waals surface area contributed by atoms with E-state index in [4.69, 9.17) is 16.7 Å². The highest BCUT2D eigenvalue weighted by Gasteiger charge is 2.27. The molecule has 0 aliphatic carbocycles. The largest absolute Gasteiger partial charge is 0.508 e. The van der Waals surface area contributed by atoms with E-state index in [9.17, 15) is 23.9 Å². The van der Waals surface area contributed by atoms with Gasteiger partial charge in [0.1, 0.15) is 11.6 Å². The molecule has 32 heavy (non-hydrogen) atoms. The minimum Gasteiger partial charge on any atom is -0.508 e. The van der Waals surface area contributed by atoms with Crippen LogP contribution >= 0.6 is 11.6 Å². The van der Waals surface area contributed by atoms with Crippen molar-refractivity contribution in [1.82, 2.24) is 9.88 Å². The summed E-state index contributed by atoms with van der Waals surface area (Å²) in [5.41, 5.74) is 1.45. The van der Waals surface area contributed by atoms with Gasteiger partial charge in [0.05, 0.1) is 22.4 Å². The number of nitrogens with one attached hydrogen (secondary N) is 1. The smallest absolute Gasteiger partial charge is 0.308 e. The summed E-state index contributed by atoms with van der Waals surface area (Å²) >= 11 is 5.72. The summed E-state index contributed by atoms with van der Waals surface area (Å²) < 4.78 is 15.3. The van der Waals surface area contributed by atoms with Crippen LogP contribution in [0, 0.1) is 18.7 Å². The Bertz CT molecular complexity index is 1240. The van der Waals surface area contributed by atoms with Crippen molar-refractivity contribution in [1.29, 1.82) is 0 Å². The Kier molecular flexibility index (Phi) is 6.55. The van der Waals surface area contributed by atoms with Crippen LogP contribution in [-0.2, 0) is 9.59 Å². The molecule has 0 saturated carbocycles. The predicted octanol–water partition coefficient (Wildman–Crippen LogP) is 4.08. The quantitative estimate of drug-likeness (QED) is 0.513. The number of rotatable bonds is 6. The normalized spacial score (nSPS) is 13.0. The number of carbonyl (C=O) groups excluding carboxylic acids is 2. The number of hydrogen-bond donors (Lipinski definition) is 3. The highest BCUT2D eigenvalue weighted by Crippen LogP contribution is 2.35. The van der Waals surface area contributed by atoms with Gasteiger partial charge in [0.15, 0.2) is 0 Å². The second-order valence-electron chi connectivity index (χ2n) is 7.68. The average Bonchev–Trinajstić information content (AvgIpc) is 3.03. The van der Waals surface area contributed by atoms with Crippen LogP contribution in [0.5, 0.6) is 5.75 Å². The molecule has 0 fully saturated rings. The average molecular weight is 461 g/mol. The summed E-state index contributed by atoms with van der Waals surface area (Å²) in [6.07, 6.45) is 0. The van der Waals surface area contributed by atoms with Crippen LogP contribution in [-0.4, -0.2) is 39.1 Å². The minimum atomic E-state index is -1.03. The number of carboxylic acids is 1. The Balaban J connectivity index is 2.08. The van der Waals surface area contributed by atoms with E-state index in [-0.39, 0.29) is 22.9 Å². The van der Waals surface area contributed by atoms with E-state index in [1.807, 2.05) is 0 Å². The van der Waals surface area contributed by atoms with E-state index in [0.717, 1.165) is 6.07 Å². The molecule has 0 saturated heterocycles. The first kappa shape index (κ1) is 23.3. The van der Waals surface area contributed by atoms with Crippen LogP contribution < -0.4 is 5.32 Å². The van der Waals surface area contributed by atoms with Crippen molar-refractivity contribution in [3.05, 3.63) is 64.1 Å². The summed E-state index contributed by atoms with van der Waals surface area (Å²) in [6.45, 7) is 4.71. The van der Waals surface area contributed by atoms with Crippen LogP contribution in [0.2, 0.25) is 5.02 Å². The topological polar surface area (TPSA) is 109 Å². The lowest BCUT2D eigenvalue weighted by Crippen LogP contribution is -2.34. The number of nitrogens with zero attached hydrogens (tertiary/aromatic N) is 1. The summed E-state index contributed by atoms with van der Waals surface area (Å²) in [5.74, 6) is -4.27. The number of phenolic OH excluding ortho intramolecular Hbond substituents is 1. The van der Waals surface area contributed by atoms with Gasteiger partial charge in [-0.25, -0.2) is 4.39 Å². The van der Waals surface area contributed by atoms with Gasteiger partial charge >= 0.3 is 5.97 Å². The number of aromatic hydroxyl groups is 1. The van der Waals surface area contributed by atoms with E-state index in [2.05, 4.69) is 5.32 Å². The Morgan fingerprint density at radius 1 is 1.16 bits per heavy atom. The number of aliphatic carboxylic acids is 1. The molecule has 0 bridgehead atoms. The highest BCUT2D eigenvalue weighted by molar-refractivity contribution is 6.30. The predicted molar refractivity (Wildman–Crippen MR) is 118 cm³/mol. The molecule has 3 aromatic rings. The van der Waals surface area contributed by atoms with Gasteiger partial charge in [-0.1, -0.05) is 18.5 Å². The first-order valence-corrected chi connectivity index (χ1v) is 10.2. The number of benzene rings is 2. The van der Waals surface area contributed by atoms with Crippen molar-refractivity contribution in [3.63, 3.8) is 0 Å². The third-order valence-corrected chi connectivity index (χ3v) is 5.74. The Labute approximate surface area is 188 Å². The number of phenols is 1. The Morgan fingerprint density at radius 2 is 1.84 bits per heavy atom. The summed E-state index contributed by atoms with van der Waals surface area (Å²) in [5, 5.41) is 22.0. The maximum absolute atomic E-state index is 13.9. The lowest BCUT2D eigenvalue weighted by Gasteiger charge is -2.15. The summed E-state index contributed by atoms with van der Waals surface area (Å²) in [7, 11) is 0. The SMILES string of the molecule is Cc1c(C(C)C(=O)NC[C@@H](C)C(=O)O)c2cc(O)ccc2n1C(=O)c1ccc(Cl)c(F)c1. The molecule has 0 aliphatic heterocycles. The third kappa shape index (κ3) is 4.31. The van der Waals surface area contributed by atoms with Crippen LogP contribution in [0.4, 0.5) is 4.39 Å². The fraction of sp³-hybridized carbons (Fsp3) is 0.261. The van der Waals surface area contributed by atoms with Crippen LogP contribution in [0.3, 0.4) is 0 Å². The fourth-order valence-electron chi connectivity index (χ4n) is 3.62. The standard InChI is InChI=1S/C23H22ClFN2O5/c1-11(23(31)32)10-26-21(29)12(2)20-13(3)27(19-7-5-15(28)9-16(19)20)22(30)14-4-6-17(24)18(25)8-14/h4-9,11-12,28H,10H2,1-3H3,(H,26,29)(H,31,32)/t11-,12?/m1/s1. The zero-order chi connectivity index (χ0) is 23.7. The first-order chi connectivity index (χ1) is 15.0. The lowest BCUT2D eigenvalue weighted by atomic mass is 9.96. The molecule has 3 rings (SSSR count). The monoisotopic (exact) mass is 460 g/mol. The minimum absolute atomic E-state index is 0.0482. The Morgan fingerprint density at radius 3 is 2.47 bits per heavy atom. The van der Waals surface area contributed by atoms with E-state index >= 15 is 0 Å². The molecule has 1 amide bonds.